The average molecular weight is 254 g/mol. The zero-order chi connectivity index (χ0) is 12.1. The summed E-state index contributed by atoms with van der Waals surface area (Å²) in [6.07, 6.45) is 1.02. The van der Waals surface area contributed by atoms with E-state index in [0.717, 1.165) is 24.6 Å². The summed E-state index contributed by atoms with van der Waals surface area (Å²) in [5.74, 6) is 0. The van der Waals surface area contributed by atoms with E-state index in [0.29, 0.717) is 0 Å². The molecule has 96 valence electrons. The molecule has 0 aromatic carbocycles. The molecule has 1 fully saturated rings. The molecule has 1 saturated heterocycles. The molecule has 0 bridgehead atoms. The lowest BCUT2D eigenvalue weighted by atomic mass is 10.3. The van der Waals surface area contributed by atoms with Crippen molar-refractivity contribution in [3.05, 3.63) is 11.1 Å². The highest BCUT2D eigenvalue weighted by Gasteiger charge is 2.12. The summed E-state index contributed by atoms with van der Waals surface area (Å²) in [6, 6.07) is 0. The molecule has 17 heavy (non-hydrogen) atoms. The van der Waals surface area contributed by atoms with Crippen LogP contribution in [0.15, 0.2) is 5.38 Å². The number of nitrogens with one attached hydrogen (secondary N) is 1. The van der Waals surface area contributed by atoms with Gasteiger partial charge in [-0.05, 0) is 13.5 Å². The smallest absolute Gasteiger partial charge is 0.182 e. The summed E-state index contributed by atoms with van der Waals surface area (Å²) < 4.78 is 0. The largest absolute Gasteiger partial charge is 0.360 e. The van der Waals surface area contributed by atoms with Gasteiger partial charge >= 0.3 is 0 Å². The molecular formula is C12H22N4S. The molecule has 1 aliphatic rings. The van der Waals surface area contributed by atoms with Gasteiger partial charge in [-0.2, -0.15) is 0 Å². The van der Waals surface area contributed by atoms with E-state index in [4.69, 9.17) is 0 Å². The fraction of sp³-hybridized carbons (Fsp3) is 0.750. The number of aromatic nitrogens is 1. The van der Waals surface area contributed by atoms with Gasteiger partial charge in [-0.1, -0.05) is 6.92 Å². The normalized spacial score (nSPS) is 18.5. The number of hydrogen-bond acceptors (Lipinski definition) is 5. The summed E-state index contributed by atoms with van der Waals surface area (Å²) in [5.41, 5.74) is 1.19. The van der Waals surface area contributed by atoms with Crippen molar-refractivity contribution < 1.29 is 0 Å². The van der Waals surface area contributed by atoms with Crippen LogP contribution in [0.2, 0.25) is 0 Å². The van der Waals surface area contributed by atoms with Gasteiger partial charge in [-0.25, -0.2) is 4.98 Å². The Morgan fingerprint density at radius 3 is 2.76 bits per heavy atom. The van der Waals surface area contributed by atoms with Crippen LogP contribution >= 0.6 is 11.3 Å². The van der Waals surface area contributed by atoms with Gasteiger partial charge in [-0.3, -0.25) is 4.90 Å². The van der Waals surface area contributed by atoms with Crippen molar-refractivity contribution in [3.8, 4) is 0 Å². The first kappa shape index (κ1) is 12.8. The lowest BCUT2D eigenvalue weighted by Gasteiger charge is -2.32. The van der Waals surface area contributed by atoms with E-state index in [1.54, 1.807) is 11.3 Å². The molecule has 2 heterocycles. The molecule has 1 aliphatic heterocycles. The van der Waals surface area contributed by atoms with Gasteiger partial charge in [0.05, 0.1) is 5.69 Å². The van der Waals surface area contributed by atoms with Crippen LogP contribution in [-0.2, 0) is 6.42 Å². The van der Waals surface area contributed by atoms with Gasteiger partial charge in [0.25, 0.3) is 0 Å². The molecule has 2 rings (SSSR count). The standard InChI is InChI=1S/C12H22N4S/c1-3-11-10-17-12(14-11)13-4-5-16-8-6-15(2)7-9-16/h10H,3-9H2,1-2H3,(H,13,14). The summed E-state index contributed by atoms with van der Waals surface area (Å²) in [6.45, 7) is 9.03. The molecule has 1 aromatic heterocycles. The average Bonchev–Trinajstić information content (AvgIpc) is 2.80. The third-order valence-corrected chi connectivity index (χ3v) is 4.06. The van der Waals surface area contributed by atoms with Crippen LogP contribution in [0.3, 0.4) is 0 Å². The minimum atomic E-state index is 1.00. The molecule has 0 amide bonds. The molecule has 0 unspecified atom stereocenters. The fourth-order valence-corrected chi connectivity index (χ4v) is 2.77. The van der Waals surface area contributed by atoms with Crippen molar-refractivity contribution in [1.82, 2.24) is 14.8 Å². The minimum absolute atomic E-state index is 1.00. The lowest BCUT2D eigenvalue weighted by Crippen LogP contribution is -2.45. The predicted octanol–water partition coefficient (Wildman–Crippen LogP) is 1.36. The zero-order valence-electron chi connectivity index (χ0n) is 10.8. The van der Waals surface area contributed by atoms with E-state index in [1.807, 2.05) is 0 Å². The monoisotopic (exact) mass is 254 g/mol. The Morgan fingerprint density at radius 2 is 2.12 bits per heavy atom. The molecule has 0 atom stereocenters. The van der Waals surface area contributed by atoms with Crippen molar-refractivity contribution in [2.24, 2.45) is 0 Å². The van der Waals surface area contributed by atoms with Gasteiger partial charge in [0.1, 0.15) is 0 Å². The van der Waals surface area contributed by atoms with Crippen molar-refractivity contribution in [2.45, 2.75) is 13.3 Å². The number of piperazine rings is 1. The summed E-state index contributed by atoms with van der Waals surface area (Å²) in [4.78, 5) is 9.41. The first-order valence-corrected chi connectivity index (χ1v) is 7.25. The maximum Gasteiger partial charge on any atom is 0.182 e. The Labute approximate surface area is 108 Å². The van der Waals surface area contributed by atoms with Crippen LogP contribution < -0.4 is 5.32 Å². The predicted molar refractivity (Wildman–Crippen MR) is 73.9 cm³/mol. The molecule has 1 aromatic rings. The number of hydrogen-bond donors (Lipinski definition) is 1. The quantitative estimate of drug-likeness (QED) is 0.860. The maximum absolute atomic E-state index is 4.50. The van der Waals surface area contributed by atoms with E-state index in [9.17, 15) is 0 Å². The van der Waals surface area contributed by atoms with Gasteiger partial charge in [0, 0.05) is 44.6 Å². The number of aryl methyl sites for hydroxylation is 1. The van der Waals surface area contributed by atoms with Crippen molar-refractivity contribution in [1.29, 1.82) is 0 Å². The summed E-state index contributed by atoms with van der Waals surface area (Å²) in [5, 5.41) is 6.61. The van der Waals surface area contributed by atoms with Crippen LogP contribution in [0.5, 0.6) is 0 Å². The third kappa shape index (κ3) is 3.94. The summed E-state index contributed by atoms with van der Waals surface area (Å²) >= 11 is 1.71. The Bertz CT molecular complexity index is 331. The van der Waals surface area contributed by atoms with Gasteiger partial charge in [0.15, 0.2) is 5.13 Å². The van der Waals surface area contributed by atoms with Gasteiger partial charge < -0.3 is 10.2 Å². The second-order valence-corrected chi connectivity index (χ2v) is 5.43. The van der Waals surface area contributed by atoms with Crippen LogP contribution in [0.4, 0.5) is 5.13 Å². The van der Waals surface area contributed by atoms with Gasteiger partial charge in [0.2, 0.25) is 0 Å². The second kappa shape index (κ2) is 6.33. The molecule has 0 saturated carbocycles. The number of nitrogens with zero attached hydrogens (tertiary/aromatic N) is 3. The molecule has 0 spiro atoms. The van der Waals surface area contributed by atoms with Gasteiger partial charge in [-0.15, -0.1) is 11.3 Å². The molecule has 0 radical (unpaired) electrons. The highest BCUT2D eigenvalue weighted by molar-refractivity contribution is 7.13. The molecule has 4 nitrogen and oxygen atoms in total. The maximum atomic E-state index is 4.50. The number of rotatable bonds is 5. The van der Waals surface area contributed by atoms with E-state index < -0.39 is 0 Å². The molecule has 0 aliphatic carbocycles. The molecular weight excluding hydrogens is 232 g/mol. The molecule has 1 N–H and O–H groups in total. The van der Waals surface area contributed by atoms with E-state index in [2.05, 4.69) is 39.5 Å². The number of anilines is 1. The number of likely N-dealkylation sites (N-methyl/N-ethyl adjacent to an activating group) is 1. The topological polar surface area (TPSA) is 31.4 Å². The number of thiazole rings is 1. The van der Waals surface area contributed by atoms with Crippen molar-refractivity contribution >= 4 is 16.5 Å². The third-order valence-electron chi connectivity index (χ3n) is 3.21. The van der Waals surface area contributed by atoms with Crippen LogP contribution in [0, 0.1) is 0 Å². The highest BCUT2D eigenvalue weighted by atomic mass is 32.1. The molecule has 5 heteroatoms. The van der Waals surface area contributed by atoms with E-state index in [1.165, 1.54) is 31.9 Å². The van der Waals surface area contributed by atoms with Crippen LogP contribution in [-0.4, -0.2) is 61.1 Å². The van der Waals surface area contributed by atoms with Crippen LogP contribution in [0.1, 0.15) is 12.6 Å². The Kier molecular flexibility index (Phi) is 4.76. The fourth-order valence-electron chi connectivity index (χ4n) is 1.94. The minimum Gasteiger partial charge on any atom is -0.360 e. The first-order valence-electron chi connectivity index (χ1n) is 6.37. The van der Waals surface area contributed by atoms with E-state index >= 15 is 0 Å². The Morgan fingerprint density at radius 1 is 1.35 bits per heavy atom. The van der Waals surface area contributed by atoms with Crippen molar-refractivity contribution in [3.63, 3.8) is 0 Å². The second-order valence-electron chi connectivity index (χ2n) is 4.57. The summed E-state index contributed by atoms with van der Waals surface area (Å²) in [7, 11) is 2.19. The Balaban J connectivity index is 1.65. The van der Waals surface area contributed by atoms with Crippen molar-refractivity contribution in [2.75, 3.05) is 51.6 Å². The van der Waals surface area contributed by atoms with E-state index in [-0.39, 0.29) is 0 Å². The Hall–Kier alpha value is -0.650. The highest BCUT2D eigenvalue weighted by Crippen LogP contribution is 2.15. The first-order chi connectivity index (χ1) is 8.28. The van der Waals surface area contributed by atoms with Crippen LogP contribution in [0.25, 0.3) is 0 Å². The zero-order valence-corrected chi connectivity index (χ0v) is 11.6. The lowest BCUT2D eigenvalue weighted by molar-refractivity contribution is 0.158. The SMILES string of the molecule is CCc1csc(NCCN2CCN(C)CC2)n1.